The van der Waals surface area contributed by atoms with Crippen LogP contribution in [0.15, 0.2) is 18.2 Å². The van der Waals surface area contributed by atoms with Crippen LogP contribution in [0.3, 0.4) is 0 Å². The van der Waals surface area contributed by atoms with Gasteiger partial charge in [0.1, 0.15) is 11.5 Å². The molecule has 15 heavy (non-hydrogen) atoms. The number of aromatic hydroxyl groups is 1. The molecule has 0 aromatic heterocycles. The summed E-state index contributed by atoms with van der Waals surface area (Å²) in [6.07, 6.45) is 0. The van der Waals surface area contributed by atoms with Gasteiger partial charge in [0.05, 0.1) is 7.11 Å². The van der Waals surface area contributed by atoms with E-state index in [4.69, 9.17) is 4.74 Å². The number of nitrogens with one attached hydrogen (secondary N) is 1. The van der Waals surface area contributed by atoms with Gasteiger partial charge in [0.2, 0.25) is 0 Å². The molecule has 0 saturated carbocycles. The van der Waals surface area contributed by atoms with E-state index in [1.165, 1.54) is 0 Å². The van der Waals surface area contributed by atoms with E-state index in [1.54, 1.807) is 13.2 Å². The van der Waals surface area contributed by atoms with Crippen LogP contribution in [0.4, 0.5) is 0 Å². The second kappa shape index (κ2) is 5.00. The summed E-state index contributed by atoms with van der Waals surface area (Å²) < 4.78 is 5.02. The lowest BCUT2D eigenvalue weighted by molar-refractivity contribution is 0.249. The van der Waals surface area contributed by atoms with Crippen LogP contribution in [0.1, 0.15) is 18.5 Å². The normalized spacial score (nSPS) is 12.9. The van der Waals surface area contributed by atoms with Gasteiger partial charge in [-0.3, -0.25) is 5.01 Å². The molecule has 0 aliphatic carbocycles. The number of hydrogen-bond donors (Lipinski definition) is 2. The minimum atomic E-state index is 0.0610. The van der Waals surface area contributed by atoms with Crippen LogP contribution >= 0.6 is 0 Å². The van der Waals surface area contributed by atoms with Gasteiger partial charge in [0.15, 0.2) is 0 Å². The molecule has 2 N–H and O–H groups in total. The van der Waals surface area contributed by atoms with Crippen molar-refractivity contribution in [3.8, 4) is 11.5 Å². The molecule has 4 heteroatoms. The fraction of sp³-hybridized carbons (Fsp3) is 0.455. The van der Waals surface area contributed by atoms with Gasteiger partial charge in [0.25, 0.3) is 0 Å². The number of phenols is 1. The quantitative estimate of drug-likeness (QED) is 0.740. The molecule has 0 heterocycles. The van der Waals surface area contributed by atoms with Crippen LogP contribution < -0.4 is 10.2 Å². The average Bonchev–Trinajstić information content (AvgIpc) is 2.16. The van der Waals surface area contributed by atoms with Gasteiger partial charge >= 0.3 is 0 Å². The lowest BCUT2D eigenvalue weighted by Crippen LogP contribution is -2.32. The van der Waals surface area contributed by atoms with Gasteiger partial charge in [-0.15, -0.1) is 0 Å². The fourth-order valence-corrected chi connectivity index (χ4v) is 1.47. The van der Waals surface area contributed by atoms with Crippen molar-refractivity contribution in [1.82, 2.24) is 10.4 Å². The van der Waals surface area contributed by atoms with E-state index in [-0.39, 0.29) is 11.8 Å². The summed E-state index contributed by atoms with van der Waals surface area (Å²) in [6, 6.07) is 5.37. The first-order valence-electron chi connectivity index (χ1n) is 4.85. The molecule has 84 valence electrons. The van der Waals surface area contributed by atoms with Crippen LogP contribution in [-0.2, 0) is 0 Å². The van der Waals surface area contributed by atoms with Crippen LogP contribution in [0, 0.1) is 0 Å². The number of benzene rings is 1. The smallest absolute Gasteiger partial charge is 0.124 e. The van der Waals surface area contributed by atoms with Crippen molar-refractivity contribution in [2.24, 2.45) is 0 Å². The molecule has 1 unspecified atom stereocenters. The highest BCUT2D eigenvalue weighted by atomic mass is 16.5. The molecule has 0 saturated heterocycles. The Kier molecular flexibility index (Phi) is 3.94. The second-order valence-electron chi connectivity index (χ2n) is 3.67. The third-order valence-corrected chi connectivity index (χ3v) is 2.16. The zero-order chi connectivity index (χ0) is 11.4. The lowest BCUT2D eigenvalue weighted by atomic mass is 10.1. The summed E-state index contributed by atoms with van der Waals surface area (Å²) in [4.78, 5) is 0. The maximum Gasteiger partial charge on any atom is 0.124 e. The molecule has 0 fully saturated rings. The van der Waals surface area contributed by atoms with E-state index in [9.17, 15) is 5.11 Å². The molecule has 0 aliphatic rings. The molecular weight excluding hydrogens is 192 g/mol. The first-order valence-corrected chi connectivity index (χ1v) is 4.85. The van der Waals surface area contributed by atoms with Crippen LogP contribution in [0.5, 0.6) is 11.5 Å². The van der Waals surface area contributed by atoms with E-state index < -0.39 is 0 Å². The van der Waals surface area contributed by atoms with E-state index in [0.29, 0.717) is 5.75 Å². The van der Waals surface area contributed by atoms with Crippen molar-refractivity contribution in [3.05, 3.63) is 23.8 Å². The maximum atomic E-state index is 9.77. The number of ether oxygens (including phenoxy) is 1. The number of rotatable bonds is 4. The minimum Gasteiger partial charge on any atom is -0.507 e. The standard InChI is InChI=1S/C11H18N2O2/c1-8(12-13(2)3)10-6-5-9(15-4)7-11(10)14/h5-8,12,14H,1-4H3. The van der Waals surface area contributed by atoms with E-state index in [1.807, 2.05) is 38.2 Å². The van der Waals surface area contributed by atoms with Crippen molar-refractivity contribution in [2.75, 3.05) is 21.2 Å². The Labute approximate surface area is 90.4 Å². The third-order valence-electron chi connectivity index (χ3n) is 2.16. The molecule has 1 aromatic carbocycles. The zero-order valence-corrected chi connectivity index (χ0v) is 9.61. The van der Waals surface area contributed by atoms with Crippen LogP contribution in [0.2, 0.25) is 0 Å². The number of hydrazine groups is 1. The van der Waals surface area contributed by atoms with Gasteiger partial charge < -0.3 is 9.84 Å². The predicted molar refractivity (Wildman–Crippen MR) is 59.9 cm³/mol. The van der Waals surface area contributed by atoms with Crippen molar-refractivity contribution in [1.29, 1.82) is 0 Å². The van der Waals surface area contributed by atoms with Crippen molar-refractivity contribution in [3.63, 3.8) is 0 Å². The summed E-state index contributed by atoms with van der Waals surface area (Å²) in [5.74, 6) is 0.907. The predicted octanol–water partition coefficient (Wildman–Crippen LogP) is 1.53. The third kappa shape index (κ3) is 3.11. The van der Waals surface area contributed by atoms with Gasteiger partial charge in [-0.05, 0) is 13.0 Å². The molecule has 1 aromatic rings. The molecule has 0 radical (unpaired) electrons. The number of nitrogens with zero attached hydrogens (tertiary/aromatic N) is 1. The summed E-state index contributed by atoms with van der Waals surface area (Å²) in [7, 11) is 5.41. The van der Waals surface area contributed by atoms with E-state index in [2.05, 4.69) is 5.43 Å². The Morgan fingerprint density at radius 3 is 2.53 bits per heavy atom. The Balaban J connectivity index is 2.85. The van der Waals surface area contributed by atoms with Crippen LogP contribution in [-0.4, -0.2) is 31.3 Å². The Bertz CT molecular complexity index is 326. The van der Waals surface area contributed by atoms with Gasteiger partial charge in [-0.25, -0.2) is 5.43 Å². The highest BCUT2D eigenvalue weighted by molar-refractivity contribution is 5.41. The Morgan fingerprint density at radius 2 is 2.07 bits per heavy atom. The minimum absolute atomic E-state index is 0.0610. The van der Waals surface area contributed by atoms with Crippen molar-refractivity contribution < 1.29 is 9.84 Å². The van der Waals surface area contributed by atoms with Gasteiger partial charge in [0, 0.05) is 31.8 Å². The Hall–Kier alpha value is -1.26. The molecule has 1 atom stereocenters. The molecule has 0 bridgehead atoms. The average molecular weight is 210 g/mol. The van der Waals surface area contributed by atoms with Gasteiger partial charge in [-0.2, -0.15) is 0 Å². The Morgan fingerprint density at radius 1 is 1.40 bits per heavy atom. The highest BCUT2D eigenvalue weighted by Crippen LogP contribution is 2.28. The van der Waals surface area contributed by atoms with Crippen LogP contribution in [0.25, 0.3) is 0 Å². The topological polar surface area (TPSA) is 44.7 Å². The summed E-state index contributed by atoms with van der Waals surface area (Å²) in [5, 5.41) is 11.6. The molecule has 0 amide bonds. The summed E-state index contributed by atoms with van der Waals surface area (Å²) >= 11 is 0. The number of methoxy groups -OCH3 is 1. The number of phenolic OH excluding ortho intramolecular Hbond substituents is 1. The number of hydrogen-bond acceptors (Lipinski definition) is 4. The van der Waals surface area contributed by atoms with Gasteiger partial charge in [-0.1, -0.05) is 6.07 Å². The van der Waals surface area contributed by atoms with E-state index >= 15 is 0 Å². The van der Waals surface area contributed by atoms with Crippen molar-refractivity contribution >= 4 is 0 Å². The first-order chi connectivity index (χ1) is 7.04. The molecule has 1 rings (SSSR count). The molecule has 0 spiro atoms. The fourth-order valence-electron chi connectivity index (χ4n) is 1.47. The highest BCUT2D eigenvalue weighted by Gasteiger charge is 2.11. The maximum absolute atomic E-state index is 9.77. The molecule has 4 nitrogen and oxygen atoms in total. The largest absolute Gasteiger partial charge is 0.507 e. The molecular formula is C11H18N2O2. The first kappa shape index (κ1) is 11.8. The summed E-state index contributed by atoms with van der Waals surface area (Å²) in [5.41, 5.74) is 4.02. The summed E-state index contributed by atoms with van der Waals surface area (Å²) in [6.45, 7) is 1.99. The monoisotopic (exact) mass is 210 g/mol. The second-order valence-corrected chi connectivity index (χ2v) is 3.67. The molecule has 0 aliphatic heterocycles. The van der Waals surface area contributed by atoms with Crippen molar-refractivity contribution in [2.45, 2.75) is 13.0 Å². The SMILES string of the molecule is COc1ccc(C(C)NN(C)C)c(O)c1. The lowest BCUT2D eigenvalue weighted by Gasteiger charge is -2.20. The zero-order valence-electron chi connectivity index (χ0n) is 9.61. The van der Waals surface area contributed by atoms with E-state index in [0.717, 1.165) is 5.56 Å².